The van der Waals surface area contributed by atoms with Gasteiger partial charge in [-0.2, -0.15) is 0 Å². The van der Waals surface area contributed by atoms with Crippen LogP contribution in [-0.2, 0) is 0 Å². The predicted molar refractivity (Wildman–Crippen MR) is 88.8 cm³/mol. The molecule has 0 aromatic heterocycles. The third kappa shape index (κ3) is 1.75. The molecule has 0 aliphatic heterocycles. The average molecular weight is 272 g/mol. The van der Waals surface area contributed by atoms with E-state index in [0.29, 0.717) is 5.46 Å². The van der Waals surface area contributed by atoms with E-state index in [9.17, 15) is 10.0 Å². The van der Waals surface area contributed by atoms with Crippen molar-refractivity contribution in [3.63, 3.8) is 0 Å². The number of hydrogen-bond donors (Lipinski definition) is 2. The van der Waals surface area contributed by atoms with Gasteiger partial charge in [-0.3, -0.25) is 0 Å². The molecule has 0 aliphatic rings. The van der Waals surface area contributed by atoms with E-state index in [-0.39, 0.29) is 0 Å². The van der Waals surface area contributed by atoms with Gasteiger partial charge in [0.2, 0.25) is 0 Å². The number of rotatable bonds is 1. The van der Waals surface area contributed by atoms with Crippen LogP contribution >= 0.6 is 0 Å². The molecule has 0 heterocycles. The standard InChI is InChI=1S/C18H13BO2/c20-19(21)17-11-5-10-16-14-7-2-1-6-12(14)13-8-3-4-9-15(13)18(16)17/h1-11,20-21H. The molecule has 2 N–H and O–H groups in total. The maximum absolute atomic E-state index is 9.71. The maximum atomic E-state index is 9.71. The SMILES string of the molecule is OB(O)c1cccc2c3ccccc3c3ccccc3c12. The summed E-state index contributed by atoms with van der Waals surface area (Å²) in [4.78, 5) is 0. The molecule has 0 atom stereocenters. The lowest BCUT2D eigenvalue weighted by atomic mass is 9.75. The number of fused-ring (bicyclic) bond motifs is 6. The Morgan fingerprint density at radius 3 is 1.48 bits per heavy atom. The van der Waals surface area contributed by atoms with Gasteiger partial charge in [0.1, 0.15) is 0 Å². The van der Waals surface area contributed by atoms with Crippen molar-refractivity contribution >= 4 is 44.9 Å². The predicted octanol–water partition coefficient (Wildman–Crippen LogP) is 2.83. The molecular weight excluding hydrogens is 259 g/mol. The van der Waals surface area contributed by atoms with E-state index >= 15 is 0 Å². The fourth-order valence-electron chi connectivity index (χ4n) is 3.20. The number of hydrogen-bond acceptors (Lipinski definition) is 2. The Morgan fingerprint density at radius 1 is 0.524 bits per heavy atom. The molecule has 0 fully saturated rings. The molecular formula is C18H13BO2. The zero-order valence-corrected chi connectivity index (χ0v) is 11.3. The van der Waals surface area contributed by atoms with Crippen molar-refractivity contribution < 1.29 is 10.0 Å². The van der Waals surface area contributed by atoms with Gasteiger partial charge in [-0.25, -0.2) is 0 Å². The zero-order valence-electron chi connectivity index (χ0n) is 11.3. The van der Waals surface area contributed by atoms with Gasteiger partial charge >= 0.3 is 7.12 Å². The fraction of sp³-hybridized carbons (Fsp3) is 0. The summed E-state index contributed by atoms with van der Waals surface area (Å²) in [5, 5.41) is 25.9. The summed E-state index contributed by atoms with van der Waals surface area (Å²) in [7, 11) is -1.47. The minimum atomic E-state index is -1.47. The quantitative estimate of drug-likeness (QED) is 0.413. The molecule has 21 heavy (non-hydrogen) atoms. The van der Waals surface area contributed by atoms with Gasteiger partial charge in [0.25, 0.3) is 0 Å². The minimum absolute atomic E-state index is 0.550. The molecule has 3 heteroatoms. The van der Waals surface area contributed by atoms with E-state index in [1.165, 1.54) is 5.39 Å². The highest BCUT2D eigenvalue weighted by atomic mass is 16.4. The fourth-order valence-corrected chi connectivity index (χ4v) is 3.20. The van der Waals surface area contributed by atoms with Crippen LogP contribution in [0.25, 0.3) is 32.3 Å². The zero-order chi connectivity index (χ0) is 14.4. The summed E-state index contributed by atoms with van der Waals surface area (Å²) in [5.41, 5.74) is 0.550. The molecule has 0 bridgehead atoms. The van der Waals surface area contributed by atoms with Crippen molar-refractivity contribution in [2.45, 2.75) is 0 Å². The maximum Gasteiger partial charge on any atom is 0.489 e. The Morgan fingerprint density at radius 2 is 0.952 bits per heavy atom. The Bertz CT molecular complexity index is 931. The summed E-state index contributed by atoms with van der Waals surface area (Å²) >= 11 is 0. The normalized spacial score (nSPS) is 11.3. The second-order valence-electron chi connectivity index (χ2n) is 5.23. The summed E-state index contributed by atoms with van der Waals surface area (Å²) in [6, 6.07) is 22.0. The van der Waals surface area contributed by atoms with E-state index in [1.807, 2.05) is 42.5 Å². The average Bonchev–Trinajstić information content (AvgIpc) is 2.54. The molecule has 2 nitrogen and oxygen atoms in total. The van der Waals surface area contributed by atoms with Crippen LogP contribution in [0.1, 0.15) is 0 Å². The van der Waals surface area contributed by atoms with E-state index in [2.05, 4.69) is 18.2 Å². The molecule has 4 aromatic carbocycles. The van der Waals surface area contributed by atoms with Crippen LogP contribution in [0.5, 0.6) is 0 Å². The van der Waals surface area contributed by atoms with Crippen LogP contribution < -0.4 is 5.46 Å². The largest absolute Gasteiger partial charge is 0.489 e. The topological polar surface area (TPSA) is 40.5 Å². The minimum Gasteiger partial charge on any atom is -0.423 e. The van der Waals surface area contributed by atoms with Crippen molar-refractivity contribution in [1.29, 1.82) is 0 Å². The molecule has 4 rings (SSSR count). The molecule has 4 aromatic rings. The van der Waals surface area contributed by atoms with Crippen molar-refractivity contribution in [2.24, 2.45) is 0 Å². The monoisotopic (exact) mass is 272 g/mol. The van der Waals surface area contributed by atoms with E-state index in [0.717, 1.165) is 26.9 Å². The van der Waals surface area contributed by atoms with Crippen LogP contribution in [0.3, 0.4) is 0 Å². The smallest absolute Gasteiger partial charge is 0.423 e. The van der Waals surface area contributed by atoms with E-state index < -0.39 is 7.12 Å². The molecule has 0 radical (unpaired) electrons. The van der Waals surface area contributed by atoms with Gasteiger partial charge in [0.15, 0.2) is 0 Å². The third-order valence-electron chi connectivity index (χ3n) is 4.08. The molecule has 100 valence electrons. The summed E-state index contributed by atoms with van der Waals surface area (Å²) in [6.45, 7) is 0. The van der Waals surface area contributed by atoms with Gasteiger partial charge in [0, 0.05) is 0 Å². The molecule has 0 unspecified atom stereocenters. The van der Waals surface area contributed by atoms with Crippen LogP contribution in [0.2, 0.25) is 0 Å². The van der Waals surface area contributed by atoms with Gasteiger partial charge in [-0.1, -0.05) is 66.7 Å². The Hall–Kier alpha value is -2.36. The molecule has 0 aliphatic carbocycles. The summed E-state index contributed by atoms with van der Waals surface area (Å²) in [6.07, 6.45) is 0. The van der Waals surface area contributed by atoms with Gasteiger partial charge in [0.05, 0.1) is 0 Å². The van der Waals surface area contributed by atoms with E-state index in [1.54, 1.807) is 6.07 Å². The Kier molecular flexibility index (Phi) is 2.71. The van der Waals surface area contributed by atoms with Crippen molar-refractivity contribution in [3.05, 3.63) is 66.7 Å². The highest BCUT2D eigenvalue weighted by molar-refractivity contribution is 6.63. The first kappa shape index (κ1) is 12.4. The lowest BCUT2D eigenvalue weighted by molar-refractivity contribution is 0.426. The summed E-state index contributed by atoms with van der Waals surface area (Å²) in [5.74, 6) is 0. The molecule has 0 spiro atoms. The van der Waals surface area contributed by atoms with Crippen molar-refractivity contribution in [1.82, 2.24) is 0 Å². The molecule has 0 amide bonds. The van der Waals surface area contributed by atoms with Gasteiger partial charge in [-0.05, 0) is 37.8 Å². The van der Waals surface area contributed by atoms with Crippen LogP contribution in [0.4, 0.5) is 0 Å². The van der Waals surface area contributed by atoms with Gasteiger partial charge < -0.3 is 10.0 Å². The van der Waals surface area contributed by atoms with E-state index in [4.69, 9.17) is 0 Å². The van der Waals surface area contributed by atoms with Crippen molar-refractivity contribution in [2.75, 3.05) is 0 Å². The molecule has 0 saturated carbocycles. The summed E-state index contributed by atoms with van der Waals surface area (Å²) < 4.78 is 0. The molecule has 0 saturated heterocycles. The lowest BCUT2D eigenvalue weighted by Crippen LogP contribution is -2.30. The highest BCUT2D eigenvalue weighted by Crippen LogP contribution is 2.33. The first-order valence-corrected chi connectivity index (χ1v) is 6.95. The van der Waals surface area contributed by atoms with Crippen LogP contribution in [0, 0.1) is 0 Å². The Labute approximate surface area is 122 Å². The first-order valence-electron chi connectivity index (χ1n) is 6.95. The second-order valence-corrected chi connectivity index (χ2v) is 5.23. The van der Waals surface area contributed by atoms with Crippen LogP contribution in [0.15, 0.2) is 66.7 Å². The number of benzene rings is 4. The van der Waals surface area contributed by atoms with Crippen LogP contribution in [-0.4, -0.2) is 17.2 Å². The first-order chi connectivity index (χ1) is 10.3. The third-order valence-corrected chi connectivity index (χ3v) is 4.08. The van der Waals surface area contributed by atoms with Gasteiger partial charge in [-0.15, -0.1) is 0 Å². The van der Waals surface area contributed by atoms with Crippen molar-refractivity contribution in [3.8, 4) is 0 Å². The second kappa shape index (κ2) is 4.59. The Balaban J connectivity index is 2.40. The highest BCUT2D eigenvalue weighted by Gasteiger charge is 2.18. The lowest BCUT2D eigenvalue weighted by Gasteiger charge is -2.13.